The molecule has 1 unspecified atom stereocenters. The highest BCUT2D eigenvalue weighted by molar-refractivity contribution is 6.30. The number of rotatable bonds is 3. The van der Waals surface area contributed by atoms with Gasteiger partial charge >= 0.3 is 0 Å². The Morgan fingerprint density at radius 3 is 2.74 bits per heavy atom. The molecule has 34 heavy (non-hydrogen) atoms. The van der Waals surface area contributed by atoms with Gasteiger partial charge in [0, 0.05) is 44.5 Å². The van der Waals surface area contributed by atoms with Crippen LogP contribution in [0, 0.1) is 5.41 Å². The molecule has 0 bridgehead atoms. The van der Waals surface area contributed by atoms with Gasteiger partial charge in [-0.2, -0.15) is 0 Å². The molecule has 0 aromatic carbocycles. The van der Waals surface area contributed by atoms with Gasteiger partial charge in [-0.25, -0.2) is 4.98 Å². The summed E-state index contributed by atoms with van der Waals surface area (Å²) in [6.07, 6.45) is 11.5. The van der Waals surface area contributed by atoms with Crippen LogP contribution in [0.3, 0.4) is 0 Å². The van der Waals surface area contributed by atoms with Crippen molar-refractivity contribution in [3.05, 3.63) is 46.9 Å². The first-order chi connectivity index (χ1) is 16.5. The average molecular weight is 482 g/mol. The largest absolute Gasteiger partial charge is 0.347 e. The minimum absolute atomic E-state index is 0.0258. The first-order valence-electron chi connectivity index (χ1n) is 12.2. The molecule has 2 aliphatic heterocycles. The maximum absolute atomic E-state index is 13.2. The molecular formula is C24H28ClN7O2. The molecule has 1 N–H and O–H groups in total. The number of imidazole rings is 1. The number of carbonyl (C=O) groups excluding carboxylic acids is 2. The number of amides is 2. The Morgan fingerprint density at radius 2 is 1.88 bits per heavy atom. The molecule has 2 fully saturated rings. The lowest BCUT2D eigenvalue weighted by molar-refractivity contribution is 0.0762. The summed E-state index contributed by atoms with van der Waals surface area (Å²) in [4.78, 5) is 32.5. The second-order valence-electron chi connectivity index (χ2n) is 10.0. The Hall–Kier alpha value is -2.94. The monoisotopic (exact) mass is 481 g/mol. The number of halogens is 1. The van der Waals surface area contributed by atoms with Gasteiger partial charge in [-0.1, -0.05) is 24.4 Å². The van der Waals surface area contributed by atoms with Crippen molar-refractivity contribution in [2.45, 2.75) is 64.0 Å². The van der Waals surface area contributed by atoms with Crippen LogP contribution < -0.4 is 5.32 Å². The highest BCUT2D eigenvalue weighted by atomic mass is 35.5. The summed E-state index contributed by atoms with van der Waals surface area (Å²) in [5.74, 6) is 1.14. The van der Waals surface area contributed by atoms with Gasteiger partial charge < -0.3 is 19.2 Å². The van der Waals surface area contributed by atoms with Gasteiger partial charge in [-0.15, -0.1) is 10.2 Å². The van der Waals surface area contributed by atoms with Gasteiger partial charge in [0.25, 0.3) is 11.8 Å². The van der Waals surface area contributed by atoms with Crippen LogP contribution in [0.4, 0.5) is 0 Å². The Kier molecular flexibility index (Phi) is 5.32. The number of hydrogen-bond acceptors (Lipinski definition) is 5. The third-order valence-electron chi connectivity index (χ3n) is 7.83. The van der Waals surface area contributed by atoms with E-state index < -0.39 is 0 Å². The van der Waals surface area contributed by atoms with E-state index in [4.69, 9.17) is 11.6 Å². The predicted molar refractivity (Wildman–Crippen MR) is 126 cm³/mol. The van der Waals surface area contributed by atoms with Crippen LogP contribution in [0.5, 0.6) is 0 Å². The molecule has 3 aromatic rings. The number of nitrogens with zero attached hydrogens (tertiary/aromatic N) is 6. The number of nitrogens with one attached hydrogen (secondary N) is 1. The van der Waals surface area contributed by atoms with Crippen molar-refractivity contribution in [1.29, 1.82) is 0 Å². The van der Waals surface area contributed by atoms with Crippen LogP contribution in [0.2, 0.25) is 5.02 Å². The molecule has 2 amide bonds. The number of aryl methyl sites for hydroxylation is 1. The molecule has 3 aromatic heterocycles. The minimum atomic E-state index is -0.114. The van der Waals surface area contributed by atoms with Crippen LogP contribution in [0.25, 0.3) is 5.65 Å². The van der Waals surface area contributed by atoms with Gasteiger partial charge in [-0.05, 0) is 49.7 Å². The fourth-order valence-corrected chi connectivity index (χ4v) is 6.01. The zero-order chi connectivity index (χ0) is 23.3. The summed E-state index contributed by atoms with van der Waals surface area (Å²) in [5, 5.41) is 12.3. The fraction of sp³-hybridized carbons (Fsp3) is 0.542. The van der Waals surface area contributed by atoms with Crippen LogP contribution in [0.15, 0.2) is 24.5 Å². The lowest BCUT2D eigenvalue weighted by Crippen LogP contribution is -2.35. The lowest BCUT2D eigenvalue weighted by atomic mass is 9.80. The Balaban J connectivity index is 1.14. The summed E-state index contributed by atoms with van der Waals surface area (Å²) in [6, 6.07) is 3.84. The maximum Gasteiger partial charge on any atom is 0.289 e. The molecule has 9 nitrogen and oxygen atoms in total. The van der Waals surface area contributed by atoms with Gasteiger partial charge in [0.15, 0.2) is 0 Å². The summed E-state index contributed by atoms with van der Waals surface area (Å²) < 4.78 is 3.78. The first kappa shape index (κ1) is 21.6. The number of aromatic nitrogens is 5. The summed E-state index contributed by atoms with van der Waals surface area (Å²) >= 11 is 6.07. The van der Waals surface area contributed by atoms with E-state index in [1.54, 1.807) is 22.9 Å². The molecular weight excluding hydrogens is 454 g/mol. The van der Waals surface area contributed by atoms with E-state index in [-0.39, 0.29) is 23.3 Å². The van der Waals surface area contributed by atoms with E-state index in [0.717, 1.165) is 44.3 Å². The molecule has 1 atom stereocenters. The van der Waals surface area contributed by atoms with E-state index in [9.17, 15) is 9.59 Å². The predicted octanol–water partition coefficient (Wildman–Crippen LogP) is 3.12. The van der Waals surface area contributed by atoms with Crippen molar-refractivity contribution in [2.75, 3.05) is 13.1 Å². The molecule has 1 saturated heterocycles. The molecule has 6 rings (SSSR count). The van der Waals surface area contributed by atoms with E-state index in [1.165, 1.54) is 12.8 Å². The Labute approximate surface area is 202 Å². The molecule has 1 aliphatic carbocycles. The topological polar surface area (TPSA) is 97.4 Å². The molecule has 5 heterocycles. The van der Waals surface area contributed by atoms with E-state index >= 15 is 0 Å². The lowest BCUT2D eigenvalue weighted by Gasteiger charge is -2.27. The second kappa shape index (κ2) is 8.37. The van der Waals surface area contributed by atoms with Crippen LogP contribution in [-0.4, -0.2) is 60.0 Å². The maximum atomic E-state index is 13.2. The van der Waals surface area contributed by atoms with Crippen molar-refractivity contribution in [2.24, 2.45) is 5.41 Å². The standard InChI is InChI=1S/C24H28ClN7O2/c25-16-5-6-19-27-18(14-31(19)13-16)23(34)30-11-9-24(15-30)8-7-20-28-29-21(32(20)12-10-24)22(33)26-17-3-1-2-4-17/h5-6,13-14,17H,1-4,7-12,15H2,(H,26,33). The Morgan fingerprint density at radius 1 is 1.06 bits per heavy atom. The second-order valence-corrected chi connectivity index (χ2v) is 10.4. The normalized spacial score (nSPS) is 22.9. The van der Waals surface area contributed by atoms with Gasteiger partial charge in [0.1, 0.15) is 17.2 Å². The smallest absolute Gasteiger partial charge is 0.289 e. The van der Waals surface area contributed by atoms with E-state index in [0.29, 0.717) is 41.8 Å². The molecule has 178 valence electrons. The SMILES string of the molecule is O=C(NC1CCCC1)c1nnc2n1CCC1(CC2)CCN(C(=O)c2cn3cc(Cl)ccc3n2)C1. The van der Waals surface area contributed by atoms with Crippen LogP contribution >= 0.6 is 11.6 Å². The zero-order valence-electron chi connectivity index (χ0n) is 19.0. The van der Waals surface area contributed by atoms with Gasteiger partial charge in [0.2, 0.25) is 5.82 Å². The first-order valence-corrected chi connectivity index (χ1v) is 12.5. The summed E-state index contributed by atoms with van der Waals surface area (Å²) in [5.41, 5.74) is 1.17. The molecule has 1 saturated carbocycles. The number of pyridine rings is 1. The van der Waals surface area contributed by atoms with E-state index in [1.807, 2.05) is 15.5 Å². The van der Waals surface area contributed by atoms with Gasteiger partial charge in [-0.3, -0.25) is 9.59 Å². The van der Waals surface area contributed by atoms with Crippen molar-refractivity contribution in [3.63, 3.8) is 0 Å². The summed E-state index contributed by atoms with van der Waals surface area (Å²) in [6.45, 7) is 2.11. The van der Waals surface area contributed by atoms with Crippen molar-refractivity contribution < 1.29 is 9.59 Å². The average Bonchev–Trinajstić information content (AvgIpc) is 3.60. The molecule has 0 radical (unpaired) electrons. The third kappa shape index (κ3) is 3.85. The highest BCUT2D eigenvalue weighted by Gasteiger charge is 2.42. The minimum Gasteiger partial charge on any atom is -0.347 e. The molecule has 10 heteroatoms. The fourth-order valence-electron chi connectivity index (χ4n) is 5.84. The molecule has 1 spiro atoms. The number of fused-ring (bicyclic) bond motifs is 2. The van der Waals surface area contributed by atoms with Crippen LogP contribution in [0.1, 0.15) is 71.9 Å². The van der Waals surface area contributed by atoms with Crippen molar-refractivity contribution in [1.82, 2.24) is 34.4 Å². The van der Waals surface area contributed by atoms with Gasteiger partial charge in [0.05, 0.1) is 5.02 Å². The summed E-state index contributed by atoms with van der Waals surface area (Å²) in [7, 11) is 0. The highest BCUT2D eigenvalue weighted by Crippen LogP contribution is 2.41. The number of likely N-dealkylation sites (tertiary alicyclic amines) is 1. The quantitative estimate of drug-likeness (QED) is 0.619. The van der Waals surface area contributed by atoms with E-state index in [2.05, 4.69) is 20.5 Å². The number of carbonyl (C=O) groups is 2. The van der Waals surface area contributed by atoms with Crippen molar-refractivity contribution >= 4 is 29.1 Å². The Bertz CT molecular complexity index is 1260. The van der Waals surface area contributed by atoms with Crippen LogP contribution in [-0.2, 0) is 13.0 Å². The third-order valence-corrected chi connectivity index (χ3v) is 8.05. The van der Waals surface area contributed by atoms with Crippen molar-refractivity contribution in [3.8, 4) is 0 Å². The molecule has 3 aliphatic rings. The zero-order valence-corrected chi connectivity index (χ0v) is 19.8. The number of hydrogen-bond donors (Lipinski definition) is 1.